The molecule has 1 atom stereocenters. The van der Waals surface area contributed by atoms with Gasteiger partial charge in [-0.05, 0) is 73.0 Å². The number of benzene rings is 3. The number of carbonyl (C=O) groups excluding carboxylic acids is 1. The zero-order valence-electron chi connectivity index (χ0n) is 27.4. The minimum atomic E-state index is -0.851. The first kappa shape index (κ1) is 32.7. The number of rotatable bonds is 12. The summed E-state index contributed by atoms with van der Waals surface area (Å²) in [5.74, 6) is 2.96. The molecule has 0 bridgehead atoms. The SMILES string of the molecule is CCCC1=C(C(=O)OCC)[C@@H](c2cc(OC)ccc2OC)n2c(s/c(=C\c3ccc(OCc4ccc5c(c4)OCO5)c(OC)c3)c2=O)=N1. The van der Waals surface area contributed by atoms with Crippen molar-refractivity contribution in [2.24, 2.45) is 4.99 Å². The van der Waals surface area contributed by atoms with Crippen LogP contribution in [0.25, 0.3) is 6.08 Å². The number of thiazole rings is 1. The fourth-order valence-electron chi connectivity index (χ4n) is 5.70. The average molecular weight is 673 g/mol. The van der Waals surface area contributed by atoms with Crippen LogP contribution in [0.1, 0.15) is 49.4 Å². The molecule has 11 nitrogen and oxygen atoms in total. The van der Waals surface area contributed by atoms with Gasteiger partial charge in [-0.25, -0.2) is 9.79 Å². The highest BCUT2D eigenvalue weighted by molar-refractivity contribution is 7.07. The van der Waals surface area contributed by atoms with E-state index in [1.54, 1.807) is 63.2 Å². The molecule has 0 amide bonds. The summed E-state index contributed by atoms with van der Waals surface area (Å²) in [4.78, 5) is 33.1. The highest BCUT2D eigenvalue weighted by atomic mass is 32.1. The lowest BCUT2D eigenvalue weighted by Crippen LogP contribution is -2.40. The molecule has 3 heterocycles. The minimum absolute atomic E-state index is 0.173. The van der Waals surface area contributed by atoms with E-state index in [2.05, 4.69) is 0 Å². The zero-order valence-corrected chi connectivity index (χ0v) is 28.2. The molecule has 48 heavy (non-hydrogen) atoms. The molecule has 0 fully saturated rings. The molecule has 0 saturated heterocycles. The lowest BCUT2D eigenvalue weighted by molar-refractivity contribution is -0.139. The summed E-state index contributed by atoms with van der Waals surface area (Å²) >= 11 is 1.25. The smallest absolute Gasteiger partial charge is 0.338 e. The normalized spacial score (nSPS) is 15.1. The predicted molar refractivity (Wildman–Crippen MR) is 179 cm³/mol. The summed E-state index contributed by atoms with van der Waals surface area (Å²) in [6, 6.07) is 15.6. The van der Waals surface area contributed by atoms with Gasteiger partial charge in [0.1, 0.15) is 24.1 Å². The van der Waals surface area contributed by atoms with E-state index in [1.165, 1.54) is 11.3 Å². The molecule has 3 aromatic carbocycles. The summed E-state index contributed by atoms with van der Waals surface area (Å²) in [5, 5.41) is 0. The molecule has 0 aliphatic carbocycles. The summed E-state index contributed by atoms with van der Waals surface area (Å²) in [6.07, 6.45) is 3.04. The van der Waals surface area contributed by atoms with Gasteiger partial charge in [0.15, 0.2) is 27.8 Å². The topological polar surface area (TPSA) is 116 Å². The Hall–Kier alpha value is -5.23. The van der Waals surface area contributed by atoms with E-state index in [0.717, 1.165) is 17.5 Å². The van der Waals surface area contributed by atoms with Gasteiger partial charge in [-0.15, -0.1) is 0 Å². The van der Waals surface area contributed by atoms with Crippen LogP contribution in [0.5, 0.6) is 34.5 Å². The molecule has 12 heteroatoms. The van der Waals surface area contributed by atoms with Crippen LogP contribution in [0.2, 0.25) is 0 Å². The van der Waals surface area contributed by atoms with E-state index in [1.807, 2.05) is 37.3 Å². The van der Waals surface area contributed by atoms with Gasteiger partial charge in [0.2, 0.25) is 6.79 Å². The monoisotopic (exact) mass is 672 g/mol. The Morgan fingerprint density at radius 3 is 2.50 bits per heavy atom. The van der Waals surface area contributed by atoms with Crippen molar-refractivity contribution in [3.63, 3.8) is 0 Å². The number of carbonyl (C=O) groups is 1. The Bertz CT molecular complexity index is 2060. The molecular formula is C36H36N2O9S. The van der Waals surface area contributed by atoms with Gasteiger partial charge in [0, 0.05) is 5.56 Å². The van der Waals surface area contributed by atoms with E-state index in [9.17, 15) is 9.59 Å². The van der Waals surface area contributed by atoms with Crippen molar-refractivity contribution in [2.45, 2.75) is 39.3 Å². The van der Waals surface area contributed by atoms with Crippen molar-refractivity contribution in [3.8, 4) is 34.5 Å². The Balaban J connectivity index is 1.41. The van der Waals surface area contributed by atoms with Crippen LogP contribution >= 0.6 is 11.3 Å². The van der Waals surface area contributed by atoms with Crippen LogP contribution in [0, 0.1) is 0 Å². The maximum atomic E-state index is 14.3. The standard InChI is InChI=1S/C36H36N2O9S/c1-6-8-25-32(35(40)44-7-2)33(24-18-23(41-3)11-14-26(24)42-4)38-34(39)31(48-36(38)37-25)17-21-9-12-27(29(15-21)43-5)45-19-22-10-13-28-30(16-22)47-20-46-28/h9-18,33H,6-8,19-20H2,1-5H3/b31-17-/t33-/m1/s1. The number of aromatic nitrogens is 1. The third-order valence-corrected chi connectivity index (χ3v) is 8.92. The number of methoxy groups -OCH3 is 3. The number of ether oxygens (including phenoxy) is 7. The molecule has 0 radical (unpaired) electrons. The highest BCUT2D eigenvalue weighted by Crippen LogP contribution is 2.39. The molecule has 1 aromatic heterocycles. The molecule has 2 aliphatic heterocycles. The van der Waals surface area contributed by atoms with Gasteiger partial charge < -0.3 is 33.2 Å². The zero-order chi connectivity index (χ0) is 33.8. The van der Waals surface area contributed by atoms with E-state index in [-0.39, 0.29) is 19.0 Å². The third kappa shape index (κ3) is 6.35. The van der Waals surface area contributed by atoms with Crippen LogP contribution < -0.4 is 43.3 Å². The van der Waals surface area contributed by atoms with Crippen molar-refractivity contribution in [1.82, 2.24) is 4.57 Å². The molecule has 0 N–H and O–H groups in total. The maximum Gasteiger partial charge on any atom is 0.338 e. The Morgan fingerprint density at radius 2 is 1.75 bits per heavy atom. The quantitative estimate of drug-likeness (QED) is 0.194. The second-order valence-electron chi connectivity index (χ2n) is 10.9. The number of hydrogen-bond donors (Lipinski definition) is 0. The van der Waals surface area contributed by atoms with Crippen molar-refractivity contribution in [1.29, 1.82) is 0 Å². The Morgan fingerprint density at radius 1 is 0.958 bits per heavy atom. The average Bonchev–Trinajstić information content (AvgIpc) is 3.70. The summed E-state index contributed by atoms with van der Waals surface area (Å²) in [6.45, 7) is 4.43. The number of esters is 1. The van der Waals surface area contributed by atoms with Crippen molar-refractivity contribution in [3.05, 3.63) is 102 Å². The van der Waals surface area contributed by atoms with Crippen LogP contribution in [-0.4, -0.2) is 45.3 Å². The van der Waals surface area contributed by atoms with E-state index in [0.29, 0.717) is 73.7 Å². The Labute approximate surface area is 281 Å². The van der Waals surface area contributed by atoms with E-state index < -0.39 is 12.0 Å². The molecule has 0 spiro atoms. The molecule has 0 saturated carbocycles. The van der Waals surface area contributed by atoms with Crippen LogP contribution in [0.3, 0.4) is 0 Å². The van der Waals surface area contributed by atoms with E-state index >= 15 is 0 Å². The fourth-order valence-corrected chi connectivity index (χ4v) is 6.72. The van der Waals surface area contributed by atoms with Crippen molar-refractivity contribution >= 4 is 23.4 Å². The van der Waals surface area contributed by atoms with E-state index in [4.69, 9.17) is 38.2 Å². The molecule has 0 unspecified atom stereocenters. The molecular weight excluding hydrogens is 636 g/mol. The summed E-state index contributed by atoms with van der Waals surface area (Å²) in [5.41, 5.74) is 2.79. The van der Waals surface area contributed by atoms with Crippen molar-refractivity contribution < 1.29 is 38.0 Å². The second kappa shape index (κ2) is 14.3. The van der Waals surface area contributed by atoms with Gasteiger partial charge in [0.05, 0.1) is 43.7 Å². The van der Waals surface area contributed by atoms with Crippen LogP contribution in [0.4, 0.5) is 0 Å². The van der Waals surface area contributed by atoms with Gasteiger partial charge >= 0.3 is 5.97 Å². The second-order valence-corrected chi connectivity index (χ2v) is 11.9. The molecule has 4 aromatic rings. The largest absolute Gasteiger partial charge is 0.497 e. The number of nitrogens with zero attached hydrogens (tertiary/aromatic N) is 2. The predicted octanol–water partition coefficient (Wildman–Crippen LogP) is 4.91. The third-order valence-electron chi connectivity index (χ3n) is 7.94. The molecule has 2 aliphatic rings. The summed E-state index contributed by atoms with van der Waals surface area (Å²) in [7, 11) is 4.67. The van der Waals surface area contributed by atoms with Gasteiger partial charge in [-0.1, -0.05) is 36.8 Å². The lowest BCUT2D eigenvalue weighted by atomic mass is 9.93. The van der Waals surface area contributed by atoms with Crippen molar-refractivity contribution in [2.75, 3.05) is 34.7 Å². The van der Waals surface area contributed by atoms with Gasteiger partial charge in [0.25, 0.3) is 5.56 Å². The summed E-state index contributed by atoms with van der Waals surface area (Å²) < 4.78 is 41.3. The lowest BCUT2D eigenvalue weighted by Gasteiger charge is -2.27. The highest BCUT2D eigenvalue weighted by Gasteiger charge is 2.36. The molecule has 6 rings (SSSR count). The first-order valence-electron chi connectivity index (χ1n) is 15.5. The first-order chi connectivity index (χ1) is 23.4. The first-order valence-corrected chi connectivity index (χ1v) is 16.3. The number of fused-ring (bicyclic) bond motifs is 2. The Kier molecular flexibility index (Phi) is 9.72. The molecule has 250 valence electrons. The van der Waals surface area contributed by atoms with Gasteiger partial charge in [-0.3, -0.25) is 9.36 Å². The van der Waals surface area contributed by atoms with Crippen LogP contribution in [-0.2, 0) is 16.1 Å². The minimum Gasteiger partial charge on any atom is -0.497 e. The number of allylic oxidation sites excluding steroid dienone is 1. The number of hydrogen-bond acceptors (Lipinski definition) is 11. The fraction of sp³-hybridized carbons (Fsp3) is 0.306. The van der Waals surface area contributed by atoms with Gasteiger partial charge in [-0.2, -0.15) is 0 Å². The van der Waals surface area contributed by atoms with Crippen LogP contribution in [0.15, 0.2) is 75.7 Å². The maximum absolute atomic E-state index is 14.3.